The van der Waals surface area contributed by atoms with Gasteiger partial charge in [-0.05, 0) is 50.5 Å². The second-order valence-corrected chi connectivity index (χ2v) is 18.2. The number of Topliss-reactive ketones (excluding diaryl/α,β-unsaturated/α-hetero) is 1. The summed E-state index contributed by atoms with van der Waals surface area (Å²) in [5.41, 5.74) is -1.96. The molecule has 3 rings (SSSR count). The fourth-order valence-corrected chi connectivity index (χ4v) is 7.35. The zero-order valence-corrected chi connectivity index (χ0v) is 37.7. The molecule has 2 fully saturated rings. The Kier molecular flexibility index (Phi) is 18.0. The number of rotatable bonds is 17. The second kappa shape index (κ2) is 22.2. The Morgan fingerprint density at radius 1 is 0.810 bits per heavy atom. The summed E-state index contributed by atoms with van der Waals surface area (Å²) in [6, 6.07) is 4.07. The van der Waals surface area contributed by atoms with Crippen LogP contribution in [0.4, 0.5) is 4.79 Å². The zero-order valence-electron chi connectivity index (χ0n) is 37.7. The number of carbonyl (C=O) groups excluding carboxylic acids is 9. The lowest BCUT2D eigenvalue weighted by Gasteiger charge is -2.38. The highest BCUT2D eigenvalue weighted by Gasteiger charge is 2.47. The summed E-state index contributed by atoms with van der Waals surface area (Å²) in [6.07, 6.45) is 3.65. The van der Waals surface area contributed by atoms with Crippen molar-refractivity contribution in [1.29, 1.82) is 10.8 Å². The van der Waals surface area contributed by atoms with Crippen molar-refractivity contribution in [2.45, 2.75) is 103 Å². The van der Waals surface area contributed by atoms with Gasteiger partial charge in [0.25, 0.3) is 11.8 Å². The van der Waals surface area contributed by atoms with E-state index in [9.17, 15) is 43.2 Å². The average Bonchev–Trinajstić information content (AvgIpc) is 3.69. The van der Waals surface area contributed by atoms with E-state index in [1.165, 1.54) is 35.8 Å². The molecular formula is C43H64N10O10. The molecule has 1 saturated carbocycles. The summed E-state index contributed by atoms with van der Waals surface area (Å²) in [7, 11) is 4.46. The van der Waals surface area contributed by atoms with E-state index in [0.29, 0.717) is 24.6 Å². The van der Waals surface area contributed by atoms with Gasteiger partial charge in [-0.1, -0.05) is 70.4 Å². The van der Waals surface area contributed by atoms with E-state index in [1.807, 2.05) is 0 Å². The van der Waals surface area contributed by atoms with Gasteiger partial charge in [0.2, 0.25) is 35.3 Å². The standard InChI is InChI=1S/C43H64N10O10/c1-42(2,3)34(50-38(59)32(25-16-12-10-13-17-25)49-36(57)28(45)20-44)40(61)52(9)29-24-53(41(62)63-43(4,5)6)23-27(29)35(56)46-21-30(54)37(58)47-22-31(55)48-33(39(60)51(7)8)26-18-14-11-15-19-26/h11,14-15,18-20,25,27,29,32-34,44-45H,10,12-13,16-17,21-24H2,1-9H3,(H,46,56)(H,47,58)(H,48,55)(H,49,57)(H,50,59)/t27-,29+,32+,33+,34-/m1/s1. The maximum Gasteiger partial charge on any atom is 0.410 e. The third-order valence-electron chi connectivity index (χ3n) is 10.8. The molecule has 0 radical (unpaired) electrons. The average molecular weight is 881 g/mol. The highest BCUT2D eigenvalue weighted by molar-refractivity contribution is 6.59. The Balaban J connectivity index is 1.77. The number of ether oxygens (including phenoxy) is 1. The Morgan fingerprint density at radius 2 is 1.43 bits per heavy atom. The topological polar surface area (TPSA) is 280 Å². The Hall–Kier alpha value is -6.21. The van der Waals surface area contributed by atoms with Crippen molar-refractivity contribution in [3.63, 3.8) is 0 Å². The van der Waals surface area contributed by atoms with Crippen LogP contribution in [0.5, 0.6) is 0 Å². The molecular weight excluding hydrogens is 817 g/mol. The van der Waals surface area contributed by atoms with Gasteiger partial charge in [-0.3, -0.25) is 43.8 Å². The maximum absolute atomic E-state index is 14.5. The minimum absolute atomic E-state index is 0.170. The molecule has 0 aromatic heterocycles. The first-order valence-electron chi connectivity index (χ1n) is 20.9. The van der Waals surface area contributed by atoms with Crippen molar-refractivity contribution < 1.29 is 47.9 Å². The SMILES string of the molecule is CN(C)C(=O)[C@@H](NC(=O)CNC(=O)C(=O)CNC(=O)[C@@H]1CN(C(=O)OC(C)(C)C)C[C@@H]1N(C)C(=O)[C@@H](NC(=O)[C@@H](NC(=O)C(=N)C=N)C1CCCCC1)C(C)(C)C)c1ccccc1. The fourth-order valence-electron chi connectivity index (χ4n) is 7.35. The van der Waals surface area contributed by atoms with Crippen molar-refractivity contribution >= 4 is 65.2 Å². The number of amides is 8. The van der Waals surface area contributed by atoms with Gasteiger partial charge in [0, 0.05) is 40.4 Å². The number of hydrogen-bond acceptors (Lipinski definition) is 12. The molecule has 1 saturated heterocycles. The number of carbonyl (C=O) groups is 9. The minimum Gasteiger partial charge on any atom is -0.444 e. The van der Waals surface area contributed by atoms with E-state index in [0.717, 1.165) is 19.3 Å². The van der Waals surface area contributed by atoms with Crippen LogP contribution in [0.2, 0.25) is 0 Å². The van der Waals surface area contributed by atoms with Crippen LogP contribution >= 0.6 is 0 Å². The molecule has 1 aliphatic heterocycles. The molecule has 1 aromatic carbocycles. The lowest BCUT2D eigenvalue weighted by atomic mass is 9.82. The smallest absolute Gasteiger partial charge is 0.410 e. The van der Waals surface area contributed by atoms with Crippen molar-refractivity contribution in [3.05, 3.63) is 35.9 Å². The van der Waals surface area contributed by atoms with E-state index < -0.39 is 113 Å². The van der Waals surface area contributed by atoms with Crippen molar-refractivity contribution in [2.75, 3.05) is 47.3 Å². The first-order chi connectivity index (χ1) is 29.4. The van der Waals surface area contributed by atoms with E-state index in [2.05, 4.69) is 26.6 Å². The number of nitrogens with zero attached hydrogens (tertiary/aromatic N) is 3. The van der Waals surface area contributed by atoms with E-state index in [-0.39, 0.29) is 19.0 Å². The van der Waals surface area contributed by atoms with Crippen molar-refractivity contribution in [3.8, 4) is 0 Å². The predicted molar refractivity (Wildman–Crippen MR) is 231 cm³/mol. The van der Waals surface area contributed by atoms with E-state index in [4.69, 9.17) is 15.6 Å². The predicted octanol–water partition coefficient (Wildman–Crippen LogP) is 0.693. The van der Waals surface area contributed by atoms with Crippen LogP contribution in [-0.4, -0.2) is 151 Å². The maximum atomic E-state index is 14.5. The highest BCUT2D eigenvalue weighted by Crippen LogP contribution is 2.30. The van der Waals surface area contributed by atoms with Gasteiger partial charge in [-0.25, -0.2) is 4.79 Å². The third kappa shape index (κ3) is 14.7. The van der Waals surface area contributed by atoms with Crippen LogP contribution in [-0.2, 0) is 43.1 Å². The van der Waals surface area contributed by atoms with Crippen LogP contribution < -0.4 is 26.6 Å². The van der Waals surface area contributed by atoms with E-state index >= 15 is 0 Å². The van der Waals surface area contributed by atoms with Crippen molar-refractivity contribution in [2.24, 2.45) is 17.3 Å². The van der Waals surface area contributed by atoms with Crippen LogP contribution in [0.3, 0.4) is 0 Å². The molecule has 346 valence electrons. The molecule has 7 N–H and O–H groups in total. The third-order valence-corrected chi connectivity index (χ3v) is 10.8. The fraction of sp³-hybridized carbons (Fsp3) is 0.605. The molecule has 20 nitrogen and oxygen atoms in total. The summed E-state index contributed by atoms with van der Waals surface area (Å²) in [4.78, 5) is 123. The van der Waals surface area contributed by atoms with E-state index in [1.54, 1.807) is 71.9 Å². The Morgan fingerprint density at radius 3 is 1.98 bits per heavy atom. The number of hydrogen-bond donors (Lipinski definition) is 7. The summed E-state index contributed by atoms with van der Waals surface area (Å²) >= 11 is 0. The molecule has 0 bridgehead atoms. The molecule has 0 spiro atoms. The molecule has 5 atom stereocenters. The van der Waals surface area contributed by atoms with Gasteiger partial charge >= 0.3 is 6.09 Å². The Bertz CT molecular complexity index is 1900. The molecule has 1 heterocycles. The number of likely N-dealkylation sites (N-methyl/N-ethyl adjacent to an activating group) is 2. The number of likely N-dealkylation sites (tertiary alicyclic amines) is 1. The van der Waals surface area contributed by atoms with Gasteiger partial charge < -0.3 is 51.4 Å². The van der Waals surface area contributed by atoms with Gasteiger partial charge in [0.15, 0.2) is 0 Å². The van der Waals surface area contributed by atoms with Gasteiger partial charge in [-0.2, -0.15) is 0 Å². The lowest BCUT2D eigenvalue weighted by molar-refractivity contribution is -0.142. The van der Waals surface area contributed by atoms with Gasteiger partial charge in [0.05, 0.1) is 25.0 Å². The number of nitrogens with one attached hydrogen (secondary N) is 7. The first kappa shape index (κ1) is 51.1. The second-order valence-electron chi connectivity index (χ2n) is 18.2. The van der Waals surface area contributed by atoms with Crippen molar-refractivity contribution in [1.82, 2.24) is 41.3 Å². The molecule has 1 aliphatic carbocycles. The van der Waals surface area contributed by atoms with Crippen LogP contribution in [0.1, 0.15) is 85.3 Å². The monoisotopic (exact) mass is 880 g/mol. The molecule has 2 aliphatic rings. The summed E-state index contributed by atoms with van der Waals surface area (Å²) < 4.78 is 5.55. The molecule has 8 amide bonds. The lowest BCUT2D eigenvalue weighted by Crippen LogP contribution is -2.62. The summed E-state index contributed by atoms with van der Waals surface area (Å²) in [5, 5.41) is 27.7. The molecule has 20 heteroatoms. The summed E-state index contributed by atoms with van der Waals surface area (Å²) in [5.74, 6) is -7.85. The molecule has 1 aromatic rings. The molecule has 0 unspecified atom stereocenters. The minimum atomic E-state index is -1.22. The van der Waals surface area contributed by atoms with Crippen LogP contribution in [0.15, 0.2) is 30.3 Å². The Labute approximate surface area is 368 Å². The quantitative estimate of drug-likeness (QED) is 0.0850. The van der Waals surface area contributed by atoms with Gasteiger partial charge in [-0.15, -0.1) is 0 Å². The highest BCUT2D eigenvalue weighted by atomic mass is 16.6. The van der Waals surface area contributed by atoms with Crippen LogP contribution in [0, 0.1) is 28.1 Å². The largest absolute Gasteiger partial charge is 0.444 e. The normalized spacial score (nSPS) is 18.0. The zero-order chi connectivity index (χ0) is 47.4. The number of benzene rings is 1. The molecule has 63 heavy (non-hydrogen) atoms. The van der Waals surface area contributed by atoms with Gasteiger partial charge in [0.1, 0.15) is 29.4 Å². The summed E-state index contributed by atoms with van der Waals surface area (Å²) in [6.45, 7) is 8.30. The first-order valence-corrected chi connectivity index (χ1v) is 20.9. The van der Waals surface area contributed by atoms with Crippen LogP contribution in [0.25, 0.3) is 0 Å². The number of ketones is 1.